The normalized spacial score (nSPS) is 16.1. The second-order valence-electron chi connectivity index (χ2n) is 7.71. The summed E-state index contributed by atoms with van der Waals surface area (Å²) in [5.74, 6) is -0.0197. The molecule has 2 aromatic carbocycles. The highest BCUT2D eigenvalue weighted by atomic mass is 16.2. The molecule has 2 amide bonds. The predicted octanol–water partition coefficient (Wildman–Crippen LogP) is 2.41. The highest BCUT2D eigenvalue weighted by Gasteiger charge is 2.30. The lowest BCUT2D eigenvalue weighted by atomic mass is 10.1. The van der Waals surface area contributed by atoms with Gasteiger partial charge >= 0.3 is 0 Å². The number of hydrogen-bond acceptors (Lipinski definition) is 4. The average molecular weight is 403 g/mol. The standard InChI is InChI=1S/C23H25N5O2/c1-17-22(25-26-28(17)16-19-10-6-3-7-11-19)23(30)24-13-20-12-21(29)27(15-20)14-18-8-4-2-5-9-18/h2-11,20H,12-16H2,1H3,(H,24,30). The first-order valence-electron chi connectivity index (χ1n) is 10.1. The van der Waals surface area contributed by atoms with E-state index >= 15 is 0 Å². The van der Waals surface area contributed by atoms with E-state index in [0.717, 1.165) is 16.8 Å². The van der Waals surface area contributed by atoms with Gasteiger partial charge in [0.2, 0.25) is 5.91 Å². The highest BCUT2D eigenvalue weighted by molar-refractivity contribution is 5.93. The zero-order chi connectivity index (χ0) is 20.9. The lowest BCUT2D eigenvalue weighted by Gasteiger charge is -2.17. The Bertz CT molecular complexity index is 1020. The molecule has 1 atom stereocenters. The minimum Gasteiger partial charge on any atom is -0.350 e. The number of benzene rings is 2. The molecule has 4 rings (SSSR count). The van der Waals surface area contributed by atoms with Crippen LogP contribution in [-0.2, 0) is 17.9 Å². The number of nitrogens with one attached hydrogen (secondary N) is 1. The van der Waals surface area contributed by atoms with E-state index in [4.69, 9.17) is 0 Å². The Morgan fingerprint density at radius 3 is 2.33 bits per heavy atom. The van der Waals surface area contributed by atoms with E-state index in [1.54, 1.807) is 4.68 Å². The van der Waals surface area contributed by atoms with Gasteiger partial charge in [0, 0.05) is 32.0 Å². The molecular formula is C23H25N5O2. The van der Waals surface area contributed by atoms with Crippen LogP contribution in [0.3, 0.4) is 0 Å². The number of nitrogens with zero attached hydrogens (tertiary/aromatic N) is 4. The van der Waals surface area contributed by atoms with Crippen LogP contribution >= 0.6 is 0 Å². The minimum absolute atomic E-state index is 0.102. The number of hydrogen-bond donors (Lipinski definition) is 1. The van der Waals surface area contributed by atoms with Crippen molar-refractivity contribution in [2.45, 2.75) is 26.4 Å². The number of carbonyl (C=O) groups excluding carboxylic acids is 2. The molecule has 0 radical (unpaired) electrons. The predicted molar refractivity (Wildman–Crippen MR) is 113 cm³/mol. The largest absolute Gasteiger partial charge is 0.350 e. The number of likely N-dealkylation sites (tertiary alicyclic amines) is 1. The van der Waals surface area contributed by atoms with Gasteiger partial charge in [-0.2, -0.15) is 0 Å². The number of rotatable bonds is 7. The topological polar surface area (TPSA) is 80.1 Å². The molecule has 0 spiro atoms. The van der Waals surface area contributed by atoms with Gasteiger partial charge in [-0.25, -0.2) is 4.68 Å². The SMILES string of the molecule is Cc1c(C(=O)NCC2CC(=O)N(Cc3ccccc3)C2)nnn1Cc1ccccc1. The van der Waals surface area contributed by atoms with Crippen LogP contribution in [0, 0.1) is 12.8 Å². The van der Waals surface area contributed by atoms with Gasteiger partial charge in [0.15, 0.2) is 5.69 Å². The molecule has 1 N–H and O–H groups in total. The molecule has 154 valence electrons. The Hall–Kier alpha value is -3.48. The van der Waals surface area contributed by atoms with Crippen molar-refractivity contribution in [3.05, 3.63) is 83.2 Å². The van der Waals surface area contributed by atoms with E-state index < -0.39 is 0 Å². The molecule has 2 heterocycles. The first kappa shape index (κ1) is 19.8. The van der Waals surface area contributed by atoms with Gasteiger partial charge in [-0.3, -0.25) is 9.59 Å². The molecule has 1 saturated heterocycles. The summed E-state index contributed by atoms with van der Waals surface area (Å²) < 4.78 is 1.73. The van der Waals surface area contributed by atoms with Crippen LogP contribution in [0.25, 0.3) is 0 Å². The number of carbonyl (C=O) groups is 2. The monoisotopic (exact) mass is 403 g/mol. The molecule has 1 aromatic heterocycles. The first-order chi connectivity index (χ1) is 14.6. The van der Waals surface area contributed by atoms with Crippen molar-refractivity contribution in [3.8, 4) is 0 Å². The highest BCUT2D eigenvalue weighted by Crippen LogP contribution is 2.20. The van der Waals surface area contributed by atoms with Crippen LogP contribution in [0.4, 0.5) is 0 Å². The Kier molecular flexibility index (Phi) is 5.88. The van der Waals surface area contributed by atoms with Gasteiger partial charge in [0.25, 0.3) is 5.91 Å². The number of amides is 2. The van der Waals surface area contributed by atoms with Crippen molar-refractivity contribution in [1.29, 1.82) is 0 Å². The minimum atomic E-state index is -0.249. The molecule has 0 aliphatic carbocycles. The zero-order valence-corrected chi connectivity index (χ0v) is 17.0. The quantitative estimate of drug-likeness (QED) is 0.657. The summed E-state index contributed by atoms with van der Waals surface area (Å²) in [5, 5.41) is 11.1. The van der Waals surface area contributed by atoms with Crippen molar-refractivity contribution in [1.82, 2.24) is 25.2 Å². The van der Waals surface area contributed by atoms with Gasteiger partial charge < -0.3 is 10.2 Å². The fraction of sp³-hybridized carbons (Fsp3) is 0.304. The van der Waals surface area contributed by atoms with Gasteiger partial charge in [-0.1, -0.05) is 65.9 Å². The van der Waals surface area contributed by atoms with Gasteiger partial charge in [-0.05, 0) is 18.1 Å². The van der Waals surface area contributed by atoms with Crippen molar-refractivity contribution >= 4 is 11.8 Å². The third-order valence-electron chi connectivity index (χ3n) is 5.43. The molecule has 7 heteroatoms. The summed E-state index contributed by atoms with van der Waals surface area (Å²) in [4.78, 5) is 26.8. The van der Waals surface area contributed by atoms with Gasteiger partial charge in [0.05, 0.1) is 12.2 Å². The third-order valence-corrected chi connectivity index (χ3v) is 5.43. The van der Waals surface area contributed by atoms with E-state index in [9.17, 15) is 9.59 Å². The fourth-order valence-electron chi connectivity index (χ4n) is 3.74. The molecular weight excluding hydrogens is 378 g/mol. The molecule has 1 aliphatic rings. The Morgan fingerprint density at radius 2 is 1.67 bits per heavy atom. The maximum absolute atomic E-state index is 12.6. The Morgan fingerprint density at radius 1 is 1.03 bits per heavy atom. The third kappa shape index (κ3) is 4.56. The smallest absolute Gasteiger partial charge is 0.273 e. The lowest BCUT2D eigenvalue weighted by Crippen LogP contribution is -2.31. The number of aromatic nitrogens is 3. The van der Waals surface area contributed by atoms with Crippen LogP contribution in [-0.4, -0.2) is 44.8 Å². The van der Waals surface area contributed by atoms with Gasteiger partial charge in [0.1, 0.15) is 0 Å². The molecule has 1 unspecified atom stereocenters. The molecule has 0 saturated carbocycles. The van der Waals surface area contributed by atoms with Crippen LogP contribution in [0.5, 0.6) is 0 Å². The van der Waals surface area contributed by atoms with Crippen LogP contribution < -0.4 is 5.32 Å². The van der Waals surface area contributed by atoms with Gasteiger partial charge in [-0.15, -0.1) is 5.10 Å². The zero-order valence-electron chi connectivity index (χ0n) is 17.0. The summed E-state index contributed by atoms with van der Waals surface area (Å²) in [6.45, 7) is 4.11. The van der Waals surface area contributed by atoms with E-state index in [-0.39, 0.29) is 17.7 Å². The average Bonchev–Trinajstić information content (AvgIpc) is 3.30. The molecule has 1 fully saturated rings. The van der Waals surface area contributed by atoms with Crippen molar-refractivity contribution in [2.75, 3.05) is 13.1 Å². The summed E-state index contributed by atoms with van der Waals surface area (Å²) in [5.41, 5.74) is 3.27. The molecule has 1 aliphatic heterocycles. The maximum atomic E-state index is 12.6. The fourth-order valence-corrected chi connectivity index (χ4v) is 3.74. The summed E-state index contributed by atoms with van der Waals surface area (Å²) >= 11 is 0. The van der Waals surface area contributed by atoms with E-state index in [1.165, 1.54) is 0 Å². The van der Waals surface area contributed by atoms with E-state index in [1.807, 2.05) is 72.5 Å². The summed E-state index contributed by atoms with van der Waals surface area (Å²) in [7, 11) is 0. The van der Waals surface area contributed by atoms with E-state index in [2.05, 4.69) is 15.6 Å². The van der Waals surface area contributed by atoms with Crippen LogP contribution in [0.1, 0.15) is 33.7 Å². The summed E-state index contributed by atoms with van der Waals surface area (Å²) in [6.07, 6.45) is 0.451. The second kappa shape index (κ2) is 8.90. The second-order valence-corrected chi connectivity index (χ2v) is 7.71. The Balaban J connectivity index is 1.31. The summed E-state index contributed by atoms with van der Waals surface area (Å²) in [6, 6.07) is 19.9. The maximum Gasteiger partial charge on any atom is 0.273 e. The molecule has 0 bridgehead atoms. The first-order valence-corrected chi connectivity index (χ1v) is 10.1. The van der Waals surface area contributed by atoms with Crippen LogP contribution in [0.2, 0.25) is 0 Å². The Labute approximate surface area is 175 Å². The molecule has 3 aromatic rings. The van der Waals surface area contributed by atoms with Crippen molar-refractivity contribution in [3.63, 3.8) is 0 Å². The van der Waals surface area contributed by atoms with E-state index in [0.29, 0.717) is 38.3 Å². The van der Waals surface area contributed by atoms with Crippen LogP contribution in [0.15, 0.2) is 60.7 Å². The molecule has 7 nitrogen and oxygen atoms in total. The lowest BCUT2D eigenvalue weighted by molar-refractivity contribution is -0.128. The van der Waals surface area contributed by atoms with Crippen molar-refractivity contribution in [2.24, 2.45) is 5.92 Å². The van der Waals surface area contributed by atoms with Crippen molar-refractivity contribution < 1.29 is 9.59 Å². The molecule has 30 heavy (non-hydrogen) atoms.